The number of fused-ring (bicyclic) bond motifs is 13. The largest absolute Gasteiger partial charge is 0.456 e. The van der Waals surface area contributed by atoms with Crippen LogP contribution in [0, 0.1) is 13.8 Å². The van der Waals surface area contributed by atoms with E-state index in [4.69, 9.17) is 4.42 Å². The van der Waals surface area contributed by atoms with Gasteiger partial charge in [0.1, 0.15) is 11.2 Å². The summed E-state index contributed by atoms with van der Waals surface area (Å²) in [6.45, 7) is 43.9. The molecule has 0 unspecified atom stereocenters. The summed E-state index contributed by atoms with van der Waals surface area (Å²) in [7, 11) is 0. The summed E-state index contributed by atoms with van der Waals surface area (Å²) in [5.74, 6) is 0. The predicted octanol–water partition coefficient (Wildman–Crippen LogP) is 18.9. The molecule has 4 heteroatoms. The summed E-state index contributed by atoms with van der Waals surface area (Å²) in [6, 6.07) is 51.6. The van der Waals surface area contributed by atoms with Crippen molar-refractivity contribution in [1.29, 1.82) is 0 Å². The average Bonchev–Trinajstić information content (AvgIpc) is 1.08. The molecule has 414 valence electrons. The second-order valence-electron chi connectivity index (χ2n) is 31.2. The molecule has 15 rings (SSSR count). The molecule has 1 aromatic heterocycles. The Morgan fingerprint density at radius 1 is 0.341 bits per heavy atom. The van der Waals surface area contributed by atoms with E-state index in [9.17, 15) is 0 Å². The molecule has 0 atom stereocenters. The Balaban J connectivity index is 1.07. The topological polar surface area (TPSA) is 19.6 Å². The Labute approximate surface area is 489 Å². The SMILES string of the molecule is Cc1cc2c3c(c1)N(c1cc4c(cc1C)C(C)(C)CCC4(C)C)c1cc4oc5cc6c(cc5c4cc1B3c1cc3c(cc1N2c1ccc2c(c1)C(C)(C)c1ccccc1C2(C)C)C(C)(C)c1ccccc1C3(C)C)C(C)(C)CCC6(C)C. The van der Waals surface area contributed by atoms with Gasteiger partial charge < -0.3 is 14.2 Å². The first-order valence-electron chi connectivity index (χ1n) is 30.9. The van der Waals surface area contributed by atoms with Crippen molar-refractivity contribution < 1.29 is 4.42 Å². The molecule has 9 aromatic rings. The standard InChI is InChI=1S/C78H83BN2O/c1-44-33-66-70-67(34-44)81(63-40-56-54(35-45(63)2)71(3,4)29-31-73(56,7)8)65-43-69-48(47-37-55-57(42-68(47)82-69)74(9,10)32-30-72(55,5)6)38-61(65)79(70)62-39-59-60(78(17,18)52-26-22-21-25-51(52)77(59,15)16)41-64(62)80(66)46-27-28-53-58(36-46)76(13,14)50-24-20-19-23-49(50)75(53,11)12/h19-28,33-43H,29-32H2,1-18H3. The molecule has 0 spiro atoms. The number of nitrogens with zero attached hydrogens (tertiary/aromatic N) is 2. The van der Waals surface area contributed by atoms with E-state index in [0.717, 1.165) is 30.4 Å². The highest BCUT2D eigenvalue weighted by molar-refractivity contribution is 7.00. The van der Waals surface area contributed by atoms with Crippen LogP contribution in [0.4, 0.5) is 34.1 Å². The van der Waals surface area contributed by atoms with Crippen LogP contribution in [0.3, 0.4) is 0 Å². The van der Waals surface area contributed by atoms with Crippen molar-refractivity contribution in [1.82, 2.24) is 0 Å². The first-order valence-corrected chi connectivity index (χ1v) is 30.9. The maximum atomic E-state index is 7.30. The van der Waals surface area contributed by atoms with Crippen molar-refractivity contribution in [2.45, 2.75) is 194 Å². The third-order valence-electron chi connectivity index (χ3n) is 22.8. The molecule has 82 heavy (non-hydrogen) atoms. The van der Waals surface area contributed by atoms with E-state index in [0.29, 0.717) is 0 Å². The van der Waals surface area contributed by atoms with E-state index >= 15 is 0 Å². The molecule has 0 amide bonds. The van der Waals surface area contributed by atoms with Crippen LogP contribution in [0.25, 0.3) is 21.9 Å². The number of hydrogen-bond donors (Lipinski definition) is 0. The fraction of sp³-hybridized carbons (Fsp3) is 0.385. The fourth-order valence-corrected chi connectivity index (χ4v) is 17.5. The Bertz CT molecular complexity index is 4340. The zero-order valence-electron chi connectivity index (χ0n) is 52.3. The van der Waals surface area contributed by atoms with Crippen LogP contribution < -0.4 is 26.2 Å². The molecule has 6 aliphatic rings. The Morgan fingerprint density at radius 2 is 0.744 bits per heavy atom. The van der Waals surface area contributed by atoms with Gasteiger partial charge in [-0.3, -0.25) is 0 Å². The van der Waals surface area contributed by atoms with E-state index in [1.807, 2.05) is 0 Å². The van der Waals surface area contributed by atoms with Gasteiger partial charge >= 0.3 is 0 Å². The first kappa shape index (κ1) is 52.1. The lowest BCUT2D eigenvalue weighted by molar-refractivity contribution is 0.332. The van der Waals surface area contributed by atoms with Gasteiger partial charge in [0, 0.05) is 72.6 Å². The number of rotatable bonds is 2. The number of benzene rings is 8. The van der Waals surface area contributed by atoms with Crippen LogP contribution in [0.5, 0.6) is 0 Å². The molecule has 3 heterocycles. The molecule has 0 saturated heterocycles. The van der Waals surface area contributed by atoms with E-state index in [1.54, 1.807) is 0 Å². The lowest BCUT2D eigenvalue weighted by Gasteiger charge is -2.49. The van der Waals surface area contributed by atoms with Crippen LogP contribution in [0.15, 0.2) is 132 Å². The molecule has 0 fully saturated rings. The number of aryl methyl sites for hydroxylation is 2. The summed E-state index contributed by atoms with van der Waals surface area (Å²) < 4.78 is 7.30. The highest BCUT2D eigenvalue weighted by Crippen LogP contribution is 2.57. The van der Waals surface area contributed by atoms with Crippen molar-refractivity contribution in [3.63, 3.8) is 0 Å². The van der Waals surface area contributed by atoms with Crippen molar-refractivity contribution in [2.75, 3.05) is 9.80 Å². The number of anilines is 6. The van der Waals surface area contributed by atoms with Crippen LogP contribution in [-0.4, -0.2) is 6.71 Å². The highest BCUT2D eigenvalue weighted by atomic mass is 16.3. The van der Waals surface area contributed by atoms with Gasteiger partial charge in [0.15, 0.2) is 0 Å². The van der Waals surface area contributed by atoms with Gasteiger partial charge in [-0.15, -0.1) is 0 Å². The van der Waals surface area contributed by atoms with Crippen molar-refractivity contribution in [3.8, 4) is 0 Å². The quantitative estimate of drug-likeness (QED) is 0.161. The zero-order chi connectivity index (χ0) is 57.7. The first-order chi connectivity index (χ1) is 38.4. The highest BCUT2D eigenvalue weighted by Gasteiger charge is 2.50. The van der Waals surface area contributed by atoms with Crippen molar-refractivity contribution in [3.05, 3.63) is 205 Å². The summed E-state index contributed by atoms with van der Waals surface area (Å²) in [4.78, 5) is 5.40. The molecular formula is C78H83BN2O. The van der Waals surface area contributed by atoms with Gasteiger partial charge in [-0.25, -0.2) is 0 Å². The van der Waals surface area contributed by atoms with Gasteiger partial charge in [-0.1, -0.05) is 184 Å². The summed E-state index contributed by atoms with van der Waals surface area (Å²) in [6.07, 6.45) is 4.65. The average molecular weight is 1080 g/mol. The maximum absolute atomic E-state index is 7.30. The monoisotopic (exact) mass is 1070 g/mol. The van der Waals surface area contributed by atoms with Crippen LogP contribution in [-0.2, 0) is 43.3 Å². The van der Waals surface area contributed by atoms with Gasteiger partial charge in [0.25, 0.3) is 6.71 Å². The second-order valence-corrected chi connectivity index (χ2v) is 31.2. The Hall–Kier alpha value is -6.78. The maximum Gasteiger partial charge on any atom is 0.252 e. The molecule has 0 bridgehead atoms. The lowest BCUT2D eigenvalue weighted by Crippen LogP contribution is -2.62. The molecule has 0 radical (unpaired) electrons. The third kappa shape index (κ3) is 6.73. The van der Waals surface area contributed by atoms with Crippen LogP contribution in [0.2, 0.25) is 0 Å². The van der Waals surface area contributed by atoms with E-state index in [-0.39, 0.29) is 50.0 Å². The zero-order valence-corrected chi connectivity index (χ0v) is 52.3. The van der Waals surface area contributed by atoms with E-state index < -0.39 is 0 Å². The number of hydrogen-bond acceptors (Lipinski definition) is 3. The minimum atomic E-state index is -0.249. The minimum absolute atomic E-state index is 0.0210. The molecule has 0 saturated carbocycles. The van der Waals surface area contributed by atoms with E-state index in [2.05, 4.69) is 262 Å². The van der Waals surface area contributed by atoms with Crippen molar-refractivity contribution >= 4 is 79.2 Å². The number of furan rings is 1. The van der Waals surface area contributed by atoms with Gasteiger partial charge in [-0.2, -0.15) is 0 Å². The second kappa shape index (κ2) is 16.1. The summed E-state index contributed by atoms with van der Waals surface area (Å²) in [5.41, 5.74) is 32.5. The molecule has 3 nitrogen and oxygen atoms in total. The van der Waals surface area contributed by atoms with E-state index in [1.165, 1.54) is 146 Å². The predicted molar refractivity (Wildman–Crippen MR) is 349 cm³/mol. The smallest absolute Gasteiger partial charge is 0.252 e. The molecule has 4 aliphatic carbocycles. The van der Waals surface area contributed by atoms with Gasteiger partial charge in [0.2, 0.25) is 0 Å². The van der Waals surface area contributed by atoms with Crippen LogP contribution >= 0.6 is 0 Å². The minimum Gasteiger partial charge on any atom is -0.456 e. The van der Waals surface area contributed by atoms with Crippen molar-refractivity contribution in [2.24, 2.45) is 0 Å². The molecule has 2 aliphatic heterocycles. The lowest BCUT2D eigenvalue weighted by atomic mass is 9.33. The van der Waals surface area contributed by atoms with Gasteiger partial charge in [-0.05, 0) is 204 Å². The van der Waals surface area contributed by atoms with Gasteiger partial charge in [0.05, 0.1) is 0 Å². The summed E-state index contributed by atoms with van der Waals surface area (Å²) >= 11 is 0. The van der Waals surface area contributed by atoms with Crippen LogP contribution in [0.1, 0.15) is 214 Å². The molecule has 8 aromatic carbocycles. The Morgan fingerprint density at radius 3 is 1.30 bits per heavy atom. The molecule has 0 N–H and O–H groups in total. The Kier molecular flexibility index (Phi) is 10.2. The summed E-state index contributed by atoms with van der Waals surface area (Å²) in [5, 5.41) is 2.43. The fourth-order valence-electron chi connectivity index (χ4n) is 17.5. The third-order valence-corrected chi connectivity index (χ3v) is 22.8. The molecular weight excluding hydrogens is 992 g/mol. The normalized spacial score (nSPS) is 20.6.